The SMILES string of the molecule is CC(C)C(=O)COc1ccc([N+](=O)[O-])cc1F. The summed E-state index contributed by atoms with van der Waals surface area (Å²) in [6, 6.07) is 3.02. The van der Waals surface area contributed by atoms with Crippen LogP contribution >= 0.6 is 0 Å². The van der Waals surface area contributed by atoms with Crippen molar-refractivity contribution in [3.05, 3.63) is 34.1 Å². The van der Waals surface area contributed by atoms with Crippen molar-refractivity contribution in [2.45, 2.75) is 13.8 Å². The summed E-state index contributed by atoms with van der Waals surface area (Å²) in [5, 5.41) is 10.4. The molecule has 0 aliphatic rings. The standard InChI is InChI=1S/C11H12FNO4/c1-7(2)10(14)6-17-11-4-3-8(13(15)16)5-9(11)12/h3-5,7H,6H2,1-2H3. The second-order valence-corrected chi connectivity index (χ2v) is 3.78. The number of benzene rings is 1. The van der Waals surface area contributed by atoms with Gasteiger partial charge in [0.05, 0.1) is 11.0 Å². The molecule has 0 unspecified atom stereocenters. The van der Waals surface area contributed by atoms with Crippen LogP contribution in [0.4, 0.5) is 10.1 Å². The highest BCUT2D eigenvalue weighted by molar-refractivity contribution is 5.81. The summed E-state index contributed by atoms with van der Waals surface area (Å²) in [6.07, 6.45) is 0. The fourth-order valence-electron chi connectivity index (χ4n) is 1.04. The van der Waals surface area contributed by atoms with Crippen LogP contribution in [0.3, 0.4) is 0 Å². The van der Waals surface area contributed by atoms with E-state index in [0.717, 1.165) is 18.2 Å². The second kappa shape index (κ2) is 5.38. The van der Waals surface area contributed by atoms with Crippen molar-refractivity contribution in [2.24, 2.45) is 5.92 Å². The van der Waals surface area contributed by atoms with Gasteiger partial charge in [0.2, 0.25) is 0 Å². The fraction of sp³-hybridized carbons (Fsp3) is 0.364. The highest BCUT2D eigenvalue weighted by Crippen LogP contribution is 2.22. The van der Waals surface area contributed by atoms with Crippen molar-refractivity contribution in [1.29, 1.82) is 0 Å². The Morgan fingerprint density at radius 1 is 1.53 bits per heavy atom. The molecule has 0 saturated carbocycles. The Balaban J connectivity index is 2.73. The largest absolute Gasteiger partial charge is 0.483 e. The number of hydrogen-bond acceptors (Lipinski definition) is 4. The minimum atomic E-state index is -0.851. The lowest BCUT2D eigenvalue weighted by Gasteiger charge is -2.07. The molecule has 0 saturated heterocycles. The van der Waals surface area contributed by atoms with Crippen LogP contribution < -0.4 is 4.74 Å². The molecule has 6 heteroatoms. The minimum Gasteiger partial charge on any atom is -0.483 e. The zero-order valence-corrected chi connectivity index (χ0v) is 9.47. The van der Waals surface area contributed by atoms with Crippen LogP contribution in [0.25, 0.3) is 0 Å². The smallest absolute Gasteiger partial charge is 0.272 e. The first kappa shape index (κ1) is 13.1. The third-order valence-electron chi connectivity index (χ3n) is 2.14. The van der Waals surface area contributed by atoms with E-state index in [2.05, 4.69) is 0 Å². The van der Waals surface area contributed by atoms with Gasteiger partial charge < -0.3 is 4.74 Å². The number of nitro groups is 1. The topological polar surface area (TPSA) is 69.4 Å². The van der Waals surface area contributed by atoms with Crippen molar-refractivity contribution in [3.63, 3.8) is 0 Å². The predicted octanol–water partition coefficient (Wildman–Crippen LogP) is 2.34. The van der Waals surface area contributed by atoms with Crippen LogP contribution in [0, 0.1) is 21.8 Å². The summed E-state index contributed by atoms with van der Waals surface area (Å²) in [7, 11) is 0. The lowest BCUT2D eigenvalue weighted by atomic mass is 10.1. The quantitative estimate of drug-likeness (QED) is 0.586. The number of hydrogen-bond donors (Lipinski definition) is 0. The highest BCUT2D eigenvalue weighted by atomic mass is 19.1. The summed E-state index contributed by atoms with van der Waals surface area (Å²) in [4.78, 5) is 20.9. The molecule has 0 N–H and O–H groups in total. The van der Waals surface area contributed by atoms with Crippen molar-refractivity contribution >= 4 is 11.5 Å². The van der Waals surface area contributed by atoms with Gasteiger partial charge in [0.25, 0.3) is 5.69 Å². The Morgan fingerprint density at radius 3 is 2.65 bits per heavy atom. The van der Waals surface area contributed by atoms with Crippen LogP contribution in [0.15, 0.2) is 18.2 Å². The van der Waals surface area contributed by atoms with E-state index in [1.54, 1.807) is 13.8 Å². The van der Waals surface area contributed by atoms with E-state index in [4.69, 9.17) is 4.74 Å². The Bertz CT molecular complexity index is 445. The predicted molar refractivity (Wildman–Crippen MR) is 58.4 cm³/mol. The molecule has 0 aliphatic carbocycles. The molecule has 0 bridgehead atoms. The van der Waals surface area contributed by atoms with Crippen LogP contribution in [-0.4, -0.2) is 17.3 Å². The van der Waals surface area contributed by atoms with E-state index in [1.807, 2.05) is 0 Å². The number of nitro benzene ring substituents is 1. The van der Waals surface area contributed by atoms with Crippen LogP contribution in [0.2, 0.25) is 0 Å². The molecule has 1 aromatic rings. The maximum Gasteiger partial charge on any atom is 0.272 e. The third kappa shape index (κ3) is 3.51. The second-order valence-electron chi connectivity index (χ2n) is 3.78. The summed E-state index contributed by atoms with van der Waals surface area (Å²) >= 11 is 0. The molecule has 0 spiro atoms. The Morgan fingerprint density at radius 2 is 2.18 bits per heavy atom. The number of Topliss-reactive ketones (excluding diaryl/α,β-unsaturated/α-hetero) is 1. The van der Waals surface area contributed by atoms with Gasteiger partial charge in [-0.3, -0.25) is 14.9 Å². The molecule has 0 radical (unpaired) electrons. The summed E-state index contributed by atoms with van der Waals surface area (Å²) < 4.78 is 18.3. The first-order chi connectivity index (χ1) is 7.91. The van der Waals surface area contributed by atoms with Gasteiger partial charge >= 0.3 is 0 Å². The van der Waals surface area contributed by atoms with Gasteiger partial charge in [-0.1, -0.05) is 13.8 Å². The lowest BCUT2D eigenvalue weighted by molar-refractivity contribution is -0.385. The zero-order valence-electron chi connectivity index (χ0n) is 9.47. The molecule has 0 heterocycles. The van der Waals surface area contributed by atoms with Crippen molar-refractivity contribution in [1.82, 2.24) is 0 Å². The average Bonchev–Trinajstić information content (AvgIpc) is 2.26. The van der Waals surface area contributed by atoms with E-state index in [1.165, 1.54) is 0 Å². The summed E-state index contributed by atoms with van der Waals surface area (Å²) in [6.45, 7) is 3.17. The zero-order chi connectivity index (χ0) is 13.0. The van der Waals surface area contributed by atoms with E-state index in [-0.39, 0.29) is 29.7 Å². The molecule has 1 rings (SSSR count). The Kier molecular flexibility index (Phi) is 4.14. The third-order valence-corrected chi connectivity index (χ3v) is 2.14. The summed E-state index contributed by atoms with van der Waals surface area (Å²) in [5.41, 5.74) is -0.356. The number of carbonyl (C=O) groups excluding carboxylic acids is 1. The minimum absolute atomic E-state index is 0.162. The van der Waals surface area contributed by atoms with Gasteiger partial charge in [-0.15, -0.1) is 0 Å². The lowest BCUT2D eigenvalue weighted by Crippen LogP contribution is -2.17. The van der Waals surface area contributed by atoms with Gasteiger partial charge in [-0.25, -0.2) is 4.39 Å². The highest BCUT2D eigenvalue weighted by Gasteiger charge is 2.13. The fourth-order valence-corrected chi connectivity index (χ4v) is 1.04. The molecule has 0 atom stereocenters. The van der Waals surface area contributed by atoms with Crippen LogP contribution in [-0.2, 0) is 4.79 Å². The van der Waals surface area contributed by atoms with Gasteiger partial charge in [0.15, 0.2) is 17.3 Å². The van der Waals surface area contributed by atoms with Crippen molar-refractivity contribution < 1.29 is 18.8 Å². The summed E-state index contributed by atoms with van der Waals surface area (Å²) in [5.74, 6) is -1.38. The molecule has 0 fully saturated rings. The molecular formula is C11H12FNO4. The first-order valence-corrected chi connectivity index (χ1v) is 5.01. The van der Waals surface area contributed by atoms with Crippen LogP contribution in [0.1, 0.15) is 13.8 Å². The van der Waals surface area contributed by atoms with Crippen LogP contribution in [0.5, 0.6) is 5.75 Å². The maximum absolute atomic E-state index is 13.3. The number of rotatable bonds is 5. The van der Waals surface area contributed by atoms with Crippen molar-refractivity contribution in [2.75, 3.05) is 6.61 Å². The first-order valence-electron chi connectivity index (χ1n) is 5.01. The normalized spacial score (nSPS) is 10.4. The van der Waals surface area contributed by atoms with E-state index in [0.29, 0.717) is 0 Å². The maximum atomic E-state index is 13.3. The molecule has 0 aliphatic heterocycles. The number of ether oxygens (including phenoxy) is 1. The molecule has 5 nitrogen and oxygen atoms in total. The average molecular weight is 241 g/mol. The van der Waals surface area contributed by atoms with E-state index >= 15 is 0 Å². The van der Waals surface area contributed by atoms with Gasteiger partial charge in [0.1, 0.15) is 6.61 Å². The van der Waals surface area contributed by atoms with E-state index < -0.39 is 10.7 Å². The Hall–Kier alpha value is -1.98. The molecule has 0 amide bonds. The number of ketones is 1. The molecule has 92 valence electrons. The molecule has 1 aromatic carbocycles. The van der Waals surface area contributed by atoms with E-state index in [9.17, 15) is 19.3 Å². The van der Waals surface area contributed by atoms with Gasteiger partial charge in [0, 0.05) is 12.0 Å². The number of non-ortho nitro benzene ring substituents is 1. The Labute approximate surface area is 97.3 Å². The molecule has 17 heavy (non-hydrogen) atoms. The van der Waals surface area contributed by atoms with Crippen molar-refractivity contribution in [3.8, 4) is 5.75 Å². The number of nitrogens with zero attached hydrogens (tertiary/aromatic N) is 1. The number of halogens is 1. The molecular weight excluding hydrogens is 229 g/mol. The molecule has 0 aromatic heterocycles. The van der Waals surface area contributed by atoms with Gasteiger partial charge in [-0.05, 0) is 6.07 Å². The number of carbonyl (C=O) groups is 1. The van der Waals surface area contributed by atoms with Gasteiger partial charge in [-0.2, -0.15) is 0 Å². The monoisotopic (exact) mass is 241 g/mol.